The van der Waals surface area contributed by atoms with Crippen molar-refractivity contribution in [3.63, 3.8) is 0 Å². The molecule has 3 aromatic carbocycles. The van der Waals surface area contributed by atoms with Gasteiger partial charge in [-0.2, -0.15) is 13.2 Å². The van der Waals surface area contributed by atoms with Gasteiger partial charge in [0, 0.05) is 6.54 Å². The highest BCUT2D eigenvalue weighted by atomic mass is 19.4. The molecule has 0 fully saturated rings. The summed E-state index contributed by atoms with van der Waals surface area (Å²) in [6, 6.07) is 18.5. The molecule has 2 N–H and O–H groups in total. The lowest BCUT2D eigenvalue weighted by molar-refractivity contribution is -0.137. The predicted octanol–water partition coefficient (Wildman–Crippen LogP) is 5.38. The lowest BCUT2D eigenvalue weighted by atomic mass is 9.97. The molecule has 0 saturated carbocycles. The van der Waals surface area contributed by atoms with Crippen molar-refractivity contribution in [3.05, 3.63) is 95.3 Å². The van der Waals surface area contributed by atoms with Crippen molar-refractivity contribution in [2.24, 2.45) is 0 Å². The molecule has 29 heavy (non-hydrogen) atoms. The minimum atomic E-state index is -4.50. The fraction of sp³-hybridized carbons (Fsp3) is 0.217. The van der Waals surface area contributed by atoms with E-state index in [0.717, 1.165) is 17.7 Å². The first-order chi connectivity index (χ1) is 13.9. The van der Waals surface area contributed by atoms with E-state index in [2.05, 4.69) is 5.32 Å². The molecule has 6 heteroatoms. The minimum absolute atomic E-state index is 0.0467. The first-order valence-corrected chi connectivity index (χ1v) is 9.25. The van der Waals surface area contributed by atoms with Crippen molar-refractivity contribution in [1.82, 2.24) is 5.32 Å². The molecule has 0 spiro atoms. The summed E-state index contributed by atoms with van der Waals surface area (Å²) in [5.41, 5.74) is 0.545. The van der Waals surface area contributed by atoms with Gasteiger partial charge in [0.2, 0.25) is 0 Å². The van der Waals surface area contributed by atoms with Crippen LogP contribution >= 0.6 is 0 Å². The average molecular weight is 403 g/mol. The Labute approximate surface area is 166 Å². The number of aliphatic hydroxyl groups is 1. The fourth-order valence-electron chi connectivity index (χ4n) is 3.15. The number of hydrogen-bond acceptors (Lipinski definition) is 2. The normalized spacial score (nSPS) is 12.7. The Kier molecular flexibility index (Phi) is 6.67. The average Bonchev–Trinajstić information content (AvgIpc) is 2.72. The quantitative estimate of drug-likeness (QED) is 0.410. The van der Waals surface area contributed by atoms with Crippen LogP contribution in [0.4, 0.5) is 17.6 Å². The van der Waals surface area contributed by atoms with Crippen molar-refractivity contribution in [2.75, 3.05) is 13.1 Å². The monoisotopic (exact) mass is 403 g/mol. The molecular weight excluding hydrogens is 382 g/mol. The first-order valence-electron chi connectivity index (χ1n) is 9.25. The molecule has 152 valence electrons. The summed E-state index contributed by atoms with van der Waals surface area (Å²) in [6.45, 7) is 0.752. The summed E-state index contributed by atoms with van der Waals surface area (Å²) in [5.74, 6) is -0.551. The van der Waals surface area contributed by atoms with E-state index in [4.69, 9.17) is 0 Å². The zero-order valence-corrected chi connectivity index (χ0v) is 15.6. The zero-order valence-electron chi connectivity index (χ0n) is 15.6. The molecule has 0 aliphatic carbocycles. The van der Waals surface area contributed by atoms with Crippen molar-refractivity contribution in [1.29, 1.82) is 0 Å². The SMILES string of the molecule is OC(CNCCc1ccc(-c2ccccc2C(F)(F)F)cc1F)c1ccccc1. The summed E-state index contributed by atoms with van der Waals surface area (Å²) < 4.78 is 54.0. The number of alkyl halides is 3. The van der Waals surface area contributed by atoms with Gasteiger partial charge in [-0.05, 0) is 47.4 Å². The number of aliphatic hydroxyl groups excluding tert-OH is 1. The van der Waals surface area contributed by atoms with Crippen LogP contribution in [0.15, 0.2) is 72.8 Å². The maximum Gasteiger partial charge on any atom is 0.417 e. The van der Waals surface area contributed by atoms with Gasteiger partial charge in [-0.15, -0.1) is 0 Å². The van der Waals surface area contributed by atoms with E-state index < -0.39 is 23.7 Å². The molecule has 0 radical (unpaired) electrons. The molecule has 0 aliphatic heterocycles. The van der Waals surface area contributed by atoms with E-state index in [1.807, 2.05) is 30.3 Å². The fourth-order valence-corrected chi connectivity index (χ4v) is 3.15. The van der Waals surface area contributed by atoms with Crippen LogP contribution in [-0.2, 0) is 12.6 Å². The molecule has 0 aromatic heterocycles. The van der Waals surface area contributed by atoms with Gasteiger partial charge in [0.1, 0.15) is 5.82 Å². The van der Waals surface area contributed by atoms with Crippen LogP contribution in [0.1, 0.15) is 22.8 Å². The molecule has 3 aromatic rings. The number of rotatable bonds is 7. The Morgan fingerprint density at radius 1 is 0.897 bits per heavy atom. The molecule has 1 atom stereocenters. The third kappa shape index (κ3) is 5.43. The Balaban J connectivity index is 1.62. The second kappa shape index (κ2) is 9.20. The third-order valence-electron chi connectivity index (χ3n) is 4.69. The maximum absolute atomic E-state index is 14.5. The van der Waals surface area contributed by atoms with E-state index >= 15 is 0 Å². The van der Waals surface area contributed by atoms with E-state index in [1.54, 1.807) is 0 Å². The standard InChI is InChI=1S/C23H21F4NO/c24-21-14-18(19-8-4-5-9-20(19)23(25,26)27)11-10-16(21)12-13-28-15-22(29)17-6-2-1-3-7-17/h1-11,14,22,28-29H,12-13,15H2. The molecule has 2 nitrogen and oxygen atoms in total. The van der Waals surface area contributed by atoms with Gasteiger partial charge in [0.15, 0.2) is 0 Å². The van der Waals surface area contributed by atoms with Gasteiger partial charge >= 0.3 is 6.18 Å². The molecular formula is C23H21F4NO. The first kappa shape index (κ1) is 21.0. The van der Waals surface area contributed by atoms with Gasteiger partial charge in [-0.25, -0.2) is 4.39 Å². The highest BCUT2D eigenvalue weighted by Gasteiger charge is 2.33. The van der Waals surface area contributed by atoms with E-state index in [-0.39, 0.29) is 11.1 Å². The highest BCUT2D eigenvalue weighted by molar-refractivity contribution is 5.68. The summed E-state index contributed by atoms with van der Waals surface area (Å²) in [5, 5.41) is 13.2. The molecule has 0 amide bonds. The Morgan fingerprint density at radius 3 is 2.28 bits per heavy atom. The summed E-state index contributed by atoms with van der Waals surface area (Å²) in [6.07, 6.45) is -4.81. The largest absolute Gasteiger partial charge is 0.417 e. The Hall–Kier alpha value is -2.70. The minimum Gasteiger partial charge on any atom is -0.387 e. The van der Waals surface area contributed by atoms with Crippen molar-refractivity contribution < 1.29 is 22.7 Å². The third-order valence-corrected chi connectivity index (χ3v) is 4.69. The molecule has 0 aliphatic rings. The van der Waals surface area contributed by atoms with E-state index in [1.165, 1.54) is 30.3 Å². The second-order valence-electron chi connectivity index (χ2n) is 6.73. The molecule has 3 rings (SSSR count). The van der Waals surface area contributed by atoms with Crippen LogP contribution < -0.4 is 5.32 Å². The van der Waals surface area contributed by atoms with Gasteiger partial charge in [-0.1, -0.05) is 60.7 Å². The number of nitrogens with one attached hydrogen (secondary N) is 1. The van der Waals surface area contributed by atoms with Crippen molar-refractivity contribution in [3.8, 4) is 11.1 Å². The predicted molar refractivity (Wildman–Crippen MR) is 105 cm³/mol. The van der Waals surface area contributed by atoms with E-state index in [9.17, 15) is 22.7 Å². The number of benzene rings is 3. The van der Waals surface area contributed by atoms with Crippen LogP contribution in [-0.4, -0.2) is 18.2 Å². The van der Waals surface area contributed by atoms with Crippen LogP contribution in [0.3, 0.4) is 0 Å². The van der Waals surface area contributed by atoms with Crippen molar-refractivity contribution >= 4 is 0 Å². The summed E-state index contributed by atoms with van der Waals surface area (Å²) >= 11 is 0. The van der Waals surface area contributed by atoms with Crippen LogP contribution in [0.25, 0.3) is 11.1 Å². The van der Waals surface area contributed by atoms with Gasteiger partial charge in [0.25, 0.3) is 0 Å². The van der Waals surface area contributed by atoms with Crippen LogP contribution in [0.5, 0.6) is 0 Å². The van der Waals surface area contributed by atoms with Crippen LogP contribution in [0.2, 0.25) is 0 Å². The zero-order chi connectivity index (χ0) is 20.9. The topological polar surface area (TPSA) is 32.3 Å². The number of halogens is 4. The number of hydrogen-bond donors (Lipinski definition) is 2. The van der Waals surface area contributed by atoms with E-state index in [0.29, 0.717) is 25.1 Å². The summed E-state index contributed by atoms with van der Waals surface area (Å²) in [7, 11) is 0. The van der Waals surface area contributed by atoms with Gasteiger partial charge in [0.05, 0.1) is 11.7 Å². The maximum atomic E-state index is 14.5. The highest BCUT2D eigenvalue weighted by Crippen LogP contribution is 2.37. The van der Waals surface area contributed by atoms with Gasteiger partial charge in [-0.3, -0.25) is 0 Å². The smallest absolute Gasteiger partial charge is 0.387 e. The van der Waals surface area contributed by atoms with Gasteiger partial charge < -0.3 is 10.4 Å². The second-order valence-corrected chi connectivity index (χ2v) is 6.73. The molecule has 0 bridgehead atoms. The van der Waals surface area contributed by atoms with Crippen molar-refractivity contribution in [2.45, 2.75) is 18.7 Å². The lowest BCUT2D eigenvalue weighted by Crippen LogP contribution is -2.24. The lowest BCUT2D eigenvalue weighted by Gasteiger charge is -2.14. The summed E-state index contributed by atoms with van der Waals surface area (Å²) in [4.78, 5) is 0. The molecule has 0 heterocycles. The molecule has 0 saturated heterocycles. The Morgan fingerprint density at radius 2 is 1.59 bits per heavy atom. The molecule has 1 unspecified atom stereocenters. The van der Waals surface area contributed by atoms with Crippen LogP contribution in [0, 0.1) is 5.82 Å². The Bertz CT molecular complexity index is 941.